The molecule has 6 heteroatoms. The van der Waals surface area contributed by atoms with Crippen molar-refractivity contribution in [1.82, 2.24) is 5.32 Å². The van der Waals surface area contributed by atoms with E-state index in [0.29, 0.717) is 13.2 Å². The number of esters is 1. The first kappa shape index (κ1) is 14.7. The van der Waals surface area contributed by atoms with Crippen LogP contribution in [-0.4, -0.2) is 42.2 Å². The summed E-state index contributed by atoms with van der Waals surface area (Å²) in [6.07, 6.45) is 1.61. The summed E-state index contributed by atoms with van der Waals surface area (Å²) < 4.78 is 9.70. The third-order valence-electron chi connectivity index (χ3n) is 2.86. The van der Waals surface area contributed by atoms with Gasteiger partial charge in [-0.05, 0) is 12.8 Å². The maximum Gasteiger partial charge on any atom is 0.320 e. The highest BCUT2D eigenvalue weighted by molar-refractivity contribution is 14.1. The van der Waals surface area contributed by atoms with Crippen molar-refractivity contribution in [2.75, 3.05) is 20.3 Å². The van der Waals surface area contributed by atoms with Crippen LogP contribution in [0.25, 0.3) is 0 Å². The molecule has 3 atom stereocenters. The maximum absolute atomic E-state index is 11.9. The van der Waals surface area contributed by atoms with Gasteiger partial charge in [0.25, 0.3) is 0 Å². The molecule has 0 aromatic heterocycles. The molecule has 5 nitrogen and oxygen atoms in total. The Kier molecular flexibility index (Phi) is 6.18. The van der Waals surface area contributed by atoms with Crippen LogP contribution in [0.3, 0.4) is 0 Å². The Hall–Kier alpha value is -0.370. The molecule has 1 amide bonds. The number of hydrogen-bond donors (Lipinski definition) is 1. The van der Waals surface area contributed by atoms with Crippen LogP contribution in [0.15, 0.2) is 0 Å². The standard InChI is InChI=1S/C11H18INO4/c1-3-9-7(4-5-17-9)10(14)13-6-8(12)11(15)16-2/h7-9H,3-6H2,1-2H3,(H,13,14). The van der Waals surface area contributed by atoms with Crippen LogP contribution in [0.5, 0.6) is 0 Å². The van der Waals surface area contributed by atoms with E-state index < -0.39 is 0 Å². The normalized spacial score (nSPS) is 25.4. The molecule has 1 saturated heterocycles. The molecule has 0 spiro atoms. The van der Waals surface area contributed by atoms with Crippen molar-refractivity contribution in [2.24, 2.45) is 5.92 Å². The van der Waals surface area contributed by atoms with Crippen LogP contribution < -0.4 is 5.32 Å². The molecule has 3 unspecified atom stereocenters. The fourth-order valence-corrected chi connectivity index (χ4v) is 2.36. The summed E-state index contributed by atoms with van der Waals surface area (Å²) in [6.45, 7) is 2.95. The molecular weight excluding hydrogens is 337 g/mol. The number of carbonyl (C=O) groups excluding carboxylic acids is 2. The summed E-state index contributed by atoms with van der Waals surface area (Å²) in [6, 6.07) is 0. The van der Waals surface area contributed by atoms with Crippen molar-refractivity contribution in [3.05, 3.63) is 0 Å². The van der Waals surface area contributed by atoms with Gasteiger partial charge in [0.05, 0.1) is 19.1 Å². The predicted molar refractivity (Wildman–Crippen MR) is 71.0 cm³/mol. The van der Waals surface area contributed by atoms with Gasteiger partial charge in [-0.1, -0.05) is 29.5 Å². The van der Waals surface area contributed by atoms with Crippen molar-refractivity contribution in [1.29, 1.82) is 0 Å². The number of ether oxygens (including phenoxy) is 2. The summed E-state index contributed by atoms with van der Waals surface area (Å²) in [4.78, 5) is 23.0. The number of halogens is 1. The number of rotatable bonds is 5. The summed E-state index contributed by atoms with van der Waals surface area (Å²) in [5, 5.41) is 2.78. The van der Waals surface area contributed by atoms with Crippen molar-refractivity contribution in [3.8, 4) is 0 Å². The molecule has 0 saturated carbocycles. The third-order valence-corrected chi connectivity index (χ3v) is 3.81. The van der Waals surface area contributed by atoms with Gasteiger partial charge in [0.2, 0.25) is 5.91 Å². The maximum atomic E-state index is 11.9. The van der Waals surface area contributed by atoms with Crippen LogP contribution in [0.4, 0.5) is 0 Å². The Labute approximate surface area is 115 Å². The van der Waals surface area contributed by atoms with E-state index in [1.165, 1.54) is 7.11 Å². The zero-order valence-corrected chi connectivity index (χ0v) is 12.2. The molecule has 0 radical (unpaired) electrons. The lowest BCUT2D eigenvalue weighted by Crippen LogP contribution is -2.39. The highest BCUT2D eigenvalue weighted by atomic mass is 127. The highest BCUT2D eigenvalue weighted by Crippen LogP contribution is 2.23. The van der Waals surface area contributed by atoms with Gasteiger partial charge in [-0.15, -0.1) is 0 Å². The summed E-state index contributed by atoms with van der Waals surface area (Å²) in [5.74, 6) is -0.429. The number of nitrogens with one attached hydrogen (secondary N) is 1. The zero-order chi connectivity index (χ0) is 12.8. The second kappa shape index (κ2) is 7.15. The van der Waals surface area contributed by atoms with Crippen LogP contribution in [0, 0.1) is 5.92 Å². The Morgan fingerprint density at radius 2 is 2.29 bits per heavy atom. The van der Waals surface area contributed by atoms with Crippen molar-refractivity contribution >= 4 is 34.5 Å². The van der Waals surface area contributed by atoms with Gasteiger partial charge in [0.15, 0.2) is 0 Å². The average Bonchev–Trinajstić information content (AvgIpc) is 2.82. The molecule has 0 bridgehead atoms. The average molecular weight is 355 g/mol. The molecule has 1 fully saturated rings. The Morgan fingerprint density at radius 1 is 1.59 bits per heavy atom. The van der Waals surface area contributed by atoms with E-state index in [0.717, 1.165) is 12.8 Å². The van der Waals surface area contributed by atoms with E-state index in [1.807, 2.05) is 29.5 Å². The second-order valence-electron chi connectivity index (χ2n) is 3.95. The summed E-state index contributed by atoms with van der Waals surface area (Å²) in [7, 11) is 1.34. The van der Waals surface area contributed by atoms with Crippen molar-refractivity contribution in [2.45, 2.75) is 29.8 Å². The number of amides is 1. The SMILES string of the molecule is CCC1OCCC1C(=O)NCC(I)C(=O)OC. The first-order valence-electron chi connectivity index (χ1n) is 5.71. The number of alkyl halides is 1. The van der Waals surface area contributed by atoms with Crippen LogP contribution in [0.2, 0.25) is 0 Å². The quantitative estimate of drug-likeness (QED) is 0.452. The van der Waals surface area contributed by atoms with Gasteiger partial charge in [-0.3, -0.25) is 9.59 Å². The van der Waals surface area contributed by atoms with Gasteiger partial charge < -0.3 is 14.8 Å². The van der Waals surface area contributed by atoms with E-state index in [9.17, 15) is 9.59 Å². The van der Waals surface area contributed by atoms with Gasteiger partial charge in [-0.25, -0.2) is 0 Å². The third kappa shape index (κ3) is 4.09. The molecule has 0 aliphatic carbocycles. The fourth-order valence-electron chi connectivity index (χ4n) is 1.88. The van der Waals surface area contributed by atoms with E-state index in [2.05, 4.69) is 10.1 Å². The summed E-state index contributed by atoms with van der Waals surface area (Å²) >= 11 is 1.96. The monoisotopic (exact) mass is 355 g/mol. The van der Waals surface area contributed by atoms with Crippen molar-refractivity contribution < 1.29 is 19.1 Å². The first-order chi connectivity index (χ1) is 8.10. The van der Waals surface area contributed by atoms with Gasteiger partial charge >= 0.3 is 5.97 Å². The molecule has 0 aromatic carbocycles. The molecule has 1 aliphatic heterocycles. The van der Waals surface area contributed by atoms with E-state index >= 15 is 0 Å². The molecule has 1 aliphatic rings. The molecular formula is C11H18INO4. The van der Waals surface area contributed by atoms with Crippen LogP contribution >= 0.6 is 22.6 Å². The van der Waals surface area contributed by atoms with Crippen LogP contribution in [-0.2, 0) is 19.1 Å². The lowest BCUT2D eigenvalue weighted by atomic mass is 9.99. The largest absolute Gasteiger partial charge is 0.468 e. The fraction of sp³-hybridized carbons (Fsp3) is 0.818. The second-order valence-corrected chi connectivity index (χ2v) is 5.45. The Morgan fingerprint density at radius 3 is 2.88 bits per heavy atom. The van der Waals surface area contributed by atoms with E-state index in [-0.39, 0.29) is 27.8 Å². The number of hydrogen-bond acceptors (Lipinski definition) is 4. The smallest absolute Gasteiger partial charge is 0.320 e. The topological polar surface area (TPSA) is 64.6 Å². The van der Waals surface area contributed by atoms with Crippen molar-refractivity contribution in [3.63, 3.8) is 0 Å². The van der Waals surface area contributed by atoms with Gasteiger partial charge in [0, 0.05) is 13.2 Å². The molecule has 1 rings (SSSR count). The van der Waals surface area contributed by atoms with Crippen LogP contribution in [0.1, 0.15) is 19.8 Å². The molecule has 1 N–H and O–H groups in total. The molecule has 98 valence electrons. The molecule has 17 heavy (non-hydrogen) atoms. The lowest BCUT2D eigenvalue weighted by Gasteiger charge is -2.17. The van der Waals surface area contributed by atoms with E-state index in [4.69, 9.17) is 4.74 Å². The number of carbonyl (C=O) groups is 2. The number of methoxy groups -OCH3 is 1. The van der Waals surface area contributed by atoms with Gasteiger partial charge in [0.1, 0.15) is 3.92 Å². The minimum Gasteiger partial charge on any atom is -0.468 e. The molecule has 1 heterocycles. The Balaban J connectivity index is 2.36. The summed E-state index contributed by atoms with van der Waals surface area (Å²) in [5.41, 5.74) is 0. The zero-order valence-electron chi connectivity index (χ0n) is 10.1. The Bertz CT molecular complexity index is 285. The highest BCUT2D eigenvalue weighted by Gasteiger charge is 2.33. The van der Waals surface area contributed by atoms with E-state index in [1.54, 1.807) is 0 Å². The lowest BCUT2D eigenvalue weighted by molar-refractivity contribution is -0.139. The molecule has 0 aromatic rings. The van der Waals surface area contributed by atoms with Gasteiger partial charge in [-0.2, -0.15) is 0 Å². The predicted octanol–water partition coefficient (Wildman–Crippen LogP) is 0.894. The minimum atomic E-state index is -0.344. The minimum absolute atomic E-state index is 0.0146. The first-order valence-corrected chi connectivity index (χ1v) is 6.95.